The molecular weight excluding hydrogens is 256 g/mol. The van der Waals surface area contributed by atoms with Crippen molar-refractivity contribution < 1.29 is 0 Å². The molecule has 0 aliphatic carbocycles. The van der Waals surface area contributed by atoms with Crippen molar-refractivity contribution in [1.29, 1.82) is 0 Å². The van der Waals surface area contributed by atoms with E-state index in [2.05, 4.69) is 45.6 Å². The van der Waals surface area contributed by atoms with Crippen molar-refractivity contribution in [2.45, 2.75) is 19.9 Å². The minimum Gasteiger partial charge on any atom is -0.356 e. The summed E-state index contributed by atoms with van der Waals surface area (Å²) in [6, 6.07) is 8.40. The van der Waals surface area contributed by atoms with Crippen LogP contribution in [0, 0.1) is 0 Å². The second-order valence-electron chi connectivity index (χ2n) is 4.27. The Morgan fingerprint density at radius 3 is 2.95 bits per heavy atom. The summed E-state index contributed by atoms with van der Waals surface area (Å²) in [5.41, 5.74) is 1.23. The third-order valence-electron chi connectivity index (χ3n) is 2.92. The van der Waals surface area contributed by atoms with E-state index >= 15 is 0 Å². The molecular formula is C14H14N4S. The standard InChI is InChI=1S/C14H14N4S/c1-2-13-17-18-14(19-13)16-8-10-3-4-12-9-15-6-5-11(12)7-10/h3-7,9H,2,8H2,1H3,(H,16,18). The van der Waals surface area contributed by atoms with Gasteiger partial charge in [0, 0.05) is 24.3 Å². The van der Waals surface area contributed by atoms with Gasteiger partial charge >= 0.3 is 0 Å². The molecule has 0 atom stereocenters. The normalized spacial score (nSPS) is 10.8. The average molecular weight is 270 g/mol. The highest BCUT2D eigenvalue weighted by Crippen LogP contribution is 2.18. The predicted molar refractivity (Wildman–Crippen MR) is 78.4 cm³/mol. The quantitative estimate of drug-likeness (QED) is 0.790. The summed E-state index contributed by atoms with van der Waals surface area (Å²) in [5.74, 6) is 0. The van der Waals surface area contributed by atoms with Crippen molar-refractivity contribution in [3.63, 3.8) is 0 Å². The van der Waals surface area contributed by atoms with E-state index in [0.29, 0.717) is 0 Å². The van der Waals surface area contributed by atoms with Gasteiger partial charge in [0.05, 0.1) is 0 Å². The Morgan fingerprint density at radius 1 is 1.16 bits per heavy atom. The number of aromatic nitrogens is 3. The third-order valence-corrected chi connectivity index (χ3v) is 3.94. The molecule has 0 saturated heterocycles. The molecule has 2 aromatic heterocycles. The Balaban J connectivity index is 1.74. The molecule has 1 aromatic carbocycles. The number of nitrogens with one attached hydrogen (secondary N) is 1. The Hall–Kier alpha value is -2.01. The van der Waals surface area contributed by atoms with Crippen LogP contribution in [0.25, 0.3) is 10.8 Å². The molecule has 3 aromatic rings. The smallest absolute Gasteiger partial charge is 0.205 e. The van der Waals surface area contributed by atoms with Crippen LogP contribution in [-0.2, 0) is 13.0 Å². The minimum atomic E-state index is 0.761. The topological polar surface area (TPSA) is 50.7 Å². The summed E-state index contributed by atoms with van der Waals surface area (Å²) in [6.07, 6.45) is 4.63. The van der Waals surface area contributed by atoms with Crippen LogP contribution >= 0.6 is 11.3 Å². The SMILES string of the molecule is CCc1nnc(NCc2ccc3cnccc3c2)s1. The zero-order valence-electron chi connectivity index (χ0n) is 10.6. The first kappa shape index (κ1) is 12.0. The molecule has 4 nitrogen and oxygen atoms in total. The summed E-state index contributed by atoms with van der Waals surface area (Å²) in [5, 5.41) is 15.8. The van der Waals surface area contributed by atoms with Crippen LogP contribution in [0.3, 0.4) is 0 Å². The monoisotopic (exact) mass is 270 g/mol. The Labute approximate surface area is 115 Å². The van der Waals surface area contributed by atoms with Gasteiger partial charge in [0.1, 0.15) is 5.01 Å². The summed E-state index contributed by atoms with van der Waals surface area (Å²) in [4.78, 5) is 4.12. The lowest BCUT2D eigenvalue weighted by molar-refractivity contribution is 0.975. The first-order chi connectivity index (χ1) is 9.35. The van der Waals surface area contributed by atoms with Gasteiger partial charge in [-0.25, -0.2) is 0 Å². The number of nitrogens with zero attached hydrogens (tertiary/aromatic N) is 3. The van der Waals surface area contributed by atoms with Gasteiger partial charge in [-0.05, 0) is 29.5 Å². The van der Waals surface area contributed by atoms with Crippen molar-refractivity contribution in [2.75, 3.05) is 5.32 Å². The Bertz CT molecular complexity index is 692. The van der Waals surface area contributed by atoms with Crippen molar-refractivity contribution in [2.24, 2.45) is 0 Å². The van der Waals surface area contributed by atoms with Gasteiger partial charge in [0.25, 0.3) is 0 Å². The molecule has 0 radical (unpaired) electrons. The van der Waals surface area contributed by atoms with E-state index in [-0.39, 0.29) is 0 Å². The van der Waals surface area contributed by atoms with Crippen LogP contribution in [0.4, 0.5) is 5.13 Å². The van der Waals surface area contributed by atoms with Crippen LogP contribution in [0.2, 0.25) is 0 Å². The highest BCUT2D eigenvalue weighted by atomic mass is 32.1. The number of aryl methyl sites for hydroxylation is 1. The maximum atomic E-state index is 4.12. The zero-order valence-corrected chi connectivity index (χ0v) is 11.4. The first-order valence-corrected chi connectivity index (χ1v) is 7.05. The molecule has 0 saturated carbocycles. The number of pyridine rings is 1. The lowest BCUT2D eigenvalue weighted by Crippen LogP contribution is -1.98. The Kier molecular flexibility index (Phi) is 3.37. The van der Waals surface area contributed by atoms with Crippen LogP contribution in [0.5, 0.6) is 0 Å². The van der Waals surface area contributed by atoms with Gasteiger partial charge in [0.15, 0.2) is 0 Å². The van der Waals surface area contributed by atoms with E-state index in [1.54, 1.807) is 11.3 Å². The van der Waals surface area contributed by atoms with E-state index < -0.39 is 0 Å². The number of hydrogen-bond acceptors (Lipinski definition) is 5. The zero-order chi connectivity index (χ0) is 13.1. The molecule has 0 aliphatic rings. The van der Waals surface area contributed by atoms with Gasteiger partial charge in [-0.1, -0.05) is 30.4 Å². The largest absolute Gasteiger partial charge is 0.356 e. The van der Waals surface area contributed by atoms with Gasteiger partial charge in [-0.2, -0.15) is 0 Å². The van der Waals surface area contributed by atoms with Gasteiger partial charge in [-0.15, -0.1) is 10.2 Å². The number of benzene rings is 1. The van der Waals surface area contributed by atoms with E-state index in [0.717, 1.165) is 28.5 Å². The molecule has 0 aliphatic heterocycles. The van der Waals surface area contributed by atoms with Crippen LogP contribution in [0.15, 0.2) is 36.7 Å². The third kappa shape index (κ3) is 2.71. The summed E-state index contributed by atoms with van der Waals surface area (Å²) in [7, 11) is 0. The second-order valence-corrected chi connectivity index (χ2v) is 5.33. The number of rotatable bonds is 4. The van der Waals surface area contributed by atoms with Gasteiger partial charge < -0.3 is 5.32 Å². The van der Waals surface area contributed by atoms with Crippen molar-refractivity contribution in [1.82, 2.24) is 15.2 Å². The number of anilines is 1. The highest BCUT2D eigenvalue weighted by Gasteiger charge is 2.02. The molecule has 5 heteroatoms. The lowest BCUT2D eigenvalue weighted by atomic mass is 10.1. The predicted octanol–water partition coefficient (Wildman–Crippen LogP) is 3.26. The molecule has 1 N–H and O–H groups in total. The van der Waals surface area contributed by atoms with E-state index in [9.17, 15) is 0 Å². The molecule has 96 valence electrons. The summed E-state index contributed by atoms with van der Waals surface area (Å²) >= 11 is 1.61. The van der Waals surface area contributed by atoms with Gasteiger partial charge in [-0.3, -0.25) is 4.98 Å². The molecule has 0 spiro atoms. The van der Waals surface area contributed by atoms with Crippen LogP contribution < -0.4 is 5.32 Å². The van der Waals surface area contributed by atoms with Crippen molar-refractivity contribution in [3.8, 4) is 0 Å². The lowest BCUT2D eigenvalue weighted by Gasteiger charge is -2.04. The molecule has 0 unspecified atom stereocenters. The molecule has 0 amide bonds. The molecule has 0 fully saturated rings. The molecule has 3 rings (SSSR count). The maximum absolute atomic E-state index is 4.12. The van der Waals surface area contributed by atoms with Crippen molar-refractivity contribution >= 4 is 27.2 Å². The fraction of sp³-hybridized carbons (Fsp3) is 0.214. The average Bonchev–Trinajstić information content (AvgIpc) is 2.93. The summed E-state index contributed by atoms with van der Waals surface area (Å²) in [6.45, 7) is 2.85. The second kappa shape index (κ2) is 5.32. The summed E-state index contributed by atoms with van der Waals surface area (Å²) < 4.78 is 0. The van der Waals surface area contributed by atoms with Crippen molar-refractivity contribution in [3.05, 3.63) is 47.2 Å². The Morgan fingerprint density at radius 2 is 2.11 bits per heavy atom. The minimum absolute atomic E-state index is 0.761. The maximum Gasteiger partial charge on any atom is 0.205 e. The number of hydrogen-bond donors (Lipinski definition) is 1. The molecule has 19 heavy (non-hydrogen) atoms. The van der Waals surface area contributed by atoms with E-state index in [1.165, 1.54) is 10.9 Å². The van der Waals surface area contributed by atoms with Crippen LogP contribution in [0.1, 0.15) is 17.5 Å². The molecule has 2 heterocycles. The number of fused-ring (bicyclic) bond motifs is 1. The van der Waals surface area contributed by atoms with E-state index in [1.807, 2.05) is 18.5 Å². The van der Waals surface area contributed by atoms with E-state index in [4.69, 9.17) is 0 Å². The van der Waals surface area contributed by atoms with Crippen LogP contribution in [-0.4, -0.2) is 15.2 Å². The fourth-order valence-electron chi connectivity index (χ4n) is 1.89. The van der Waals surface area contributed by atoms with Gasteiger partial charge in [0.2, 0.25) is 5.13 Å². The first-order valence-electron chi connectivity index (χ1n) is 6.24. The fourth-order valence-corrected chi connectivity index (χ4v) is 2.56. The highest BCUT2D eigenvalue weighted by molar-refractivity contribution is 7.15. The molecule has 0 bridgehead atoms.